The van der Waals surface area contributed by atoms with Crippen LogP contribution in [-0.4, -0.2) is 41.2 Å². The second-order valence-electron chi connectivity index (χ2n) is 4.77. The van der Waals surface area contributed by atoms with Crippen LogP contribution in [0.2, 0.25) is 0 Å². The Morgan fingerprint density at radius 2 is 2.06 bits per heavy atom. The number of aliphatic hydroxyl groups excluding tert-OH is 1. The third kappa shape index (κ3) is 2.89. The molecule has 1 aliphatic heterocycles. The van der Waals surface area contributed by atoms with E-state index in [-0.39, 0.29) is 18.1 Å². The Labute approximate surface area is 107 Å². The Kier molecular flexibility index (Phi) is 3.99. The van der Waals surface area contributed by atoms with Crippen molar-refractivity contribution < 1.29 is 14.6 Å². The summed E-state index contributed by atoms with van der Waals surface area (Å²) in [5.41, 5.74) is 1.06. The highest BCUT2D eigenvalue weighted by molar-refractivity contribution is 5.80. The molecule has 1 amide bonds. The Morgan fingerprint density at radius 3 is 2.67 bits per heavy atom. The third-order valence-corrected chi connectivity index (χ3v) is 3.10. The fraction of sp³-hybridized carbons (Fsp3) is 0.500. The number of aliphatic hydroxyl groups is 1. The van der Waals surface area contributed by atoms with Crippen molar-refractivity contribution in [3.05, 3.63) is 35.9 Å². The van der Waals surface area contributed by atoms with Crippen LogP contribution in [0.25, 0.3) is 0 Å². The number of hydrogen-bond acceptors (Lipinski definition) is 3. The van der Waals surface area contributed by atoms with Crippen molar-refractivity contribution in [3.8, 4) is 0 Å². The Balaban J connectivity index is 2.12. The predicted molar refractivity (Wildman–Crippen MR) is 68.0 cm³/mol. The molecular weight excluding hydrogens is 230 g/mol. The first kappa shape index (κ1) is 13.1. The zero-order valence-corrected chi connectivity index (χ0v) is 10.7. The van der Waals surface area contributed by atoms with Crippen LogP contribution >= 0.6 is 0 Å². The number of carbonyl (C=O) groups excluding carboxylic acids is 1. The minimum atomic E-state index is -0.952. The van der Waals surface area contributed by atoms with E-state index < -0.39 is 6.10 Å². The van der Waals surface area contributed by atoms with Gasteiger partial charge in [0.05, 0.1) is 12.6 Å². The molecule has 1 heterocycles. The number of rotatable bonds is 2. The summed E-state index contributed by atoms with van der Waals surface area (Å²) >= 11 is 0. The van der Waals surface area contributed by atoms with E-state index in [0.29, 0.717) is 13.1 Å². The standard InChI is InChI=1S/C14H19NO3/c1-10-8-15(14(17)11(2)16)9-13(18-10)12-6-4-3-5-7-12/h3-7,10-11,13,16H,8-9H2,1-2H3. The summed E-state index contributed by atoms with van der Waals surface area (Å²) in [5, 5.41) is 9.38. The number of ether oxygens (including phenoxy) is 1. The molecule has 0 spiro atoms. The average molecular weight is 249 g/mol. The van der Waals surface area contributed by atoms with Gasteiger partial charge in [-0.05, 0) is 19.4 Å². The lowest BCUT2D eigenvalue weighted by atomic mass is 10.1. The van der Waals surface area contributed by atoms with E-state index >= 15 is 0 Å². The van der Waals surface area contributed by atoms with E-state index in [4.69, 9.17) is 4.74 Å². The average Bonchev–Trinajstić information content (AvgIpc) is 2.38. The summed E-state index contributed by atoms with van der Waals surface area (Å²) < 4.78 is 5.86. The van der Waals surface area contributed by atoms with E-state index in [1.54, 1.807) is 4.90 Å². The molecule has 1 aromatic carbocycles. The number of hydrogen-bond donors (Lipinski definition) is 1. The van der Waals surface area contributed by atoms with Gasteiger partial charge in [-0.15, -0.1) is 0 Å². The fourth-order valence-electron chi connectivity index (χ4n) is 2.25. The summed E-state index contributed by atoms with van der Waals surface area (Å²) in [7, 11) is 0. The summed E-state index contributed by atoms with van der Waals surface area (Å²) in [6.07, 6.45) is -1.09. The molecule has 1 aliphatic rings. The van der Waals surface area contributed by atoms with Gasteiger partial charge in [0.15, 0.2) is 0 Å². The molecule has 0 bridgehead atoms. The summed E-state index contributed by atoms with van der Waals surface area (Å²) in [5.74, 6) is -0.230. The molecule has 98 valence electrons. The van der Waals surface area contributed by atoms with Crippen molar-refractivity contribution in [2.45, 2.75) is 32.2 Å². The second kappa shape index (κ2) is 5.50. The Bertz CT molecular complexity index is 405. The lowest BCUT2D eigenvalue weighted by molar-refractivity contribution is -0.152. The smallest absolute Gasteiger partial charge is 0.251 e. The number of morpholine rings is 1. The normalized spacial score (nSPS) is 25.8. The molecular formula is C14H19NO3. The van der Waals surface area contributed by atoms with Crippen molar-refractivity contribution >= 4 is 5.91 Å². The van der Waals surface area contributed by atoms with Gasteiger partial charge in [-0.2, -0.15) is 0 Å². The molecule has 2 rings (SSSR count). The molecule has 1 saturated heterocycles. The summed E-state index contributed by atoms with van der Waals surface area (Å²) in [6, 6.07) is 9.85. The van der Waals surface area contributed by atoms with Gasteiger partial charge in [-0.25, -0.2) is 0 Å². The van der Waals surface area contributed by atoms with Crippen LogP contribution < -0.4 is 0 Å². The first-order valence-electron chi connectivity index (χ1n) is 6.25. The first-order chi connectivity index (χ1) is 8.58. The maximum Gasteiger partial charge on any atom is 0.251 e. The fourth-order valence-corrected chi connectivity index (χ4v) is 2.25. The van der Waals surface area contributed by atoms with E-state index in [1.165, 1.54) is 6.92 Å². The van der Waals surface area contributed by atoms with Crippen LogP contribution in [0.1, 0.15) is 25.5 Å². The van der Waals surface area contributed by atoms with Crippen LogP contribution in [0.5, 0.6) is 0 Å². The van der Waals surface area contributed by atoms with Crippen molar-refractivity contribution in [2.24, 2.45) is 0 Å². The molecule has 1 N–H and O–H groups in total. The number of carbonyl (C=O) groups is 1. The van der Waals surface area contributed by atoms with Gasteiger partial charge in [-0.3, -0.25) is 4.79 Å². The monoisotopic (exact) mass is 249 g/mol. The van der Waals surface area contributed by atoms with Crippen LogP contribution in [0, 0.1) is 0 Å². The zero-order chi connectivity index (χ0) is 13.1. The number of nitrogens with zero attached hydrogens (tertiary/aromatic N) is 1. The molecule has 0 saturated carbocycles. The highest BCUT2D eigenvalue weighted by Crippen LogP contribution is 2.25. The number of amides is 1. The van der Waals surface area contributed by atoms with Crippen molar-refractivity contribution in [3.63, 3.8) is 0 Å². The molecule has 4 heteroatoms. The van der Waals surface area contributed by atoms with Crippen molar-refractivity contribution in [2.75, 3.05) is 13.1 Å². The first-order valence-corrected chi connectivity index (χ1v) is 6.25. The summed E-state index contributed by atoms with van der Waals surface area (Å²) in [4.78, 5) is 13.5. The van der Waals surface area contributed by atoms with Gasteiger partial charge in [0.2, 0.25) is 0 Å². The predicted octanol–water partition coefficient (Wildman–Crippen LogP) is 1.36. The minimum Gasteiger partial charge on any atom is -0.384 e. The van der Waals surface area contributed by atoms with Crippen molar-refractivity contribution in [1.82, 2.24) is 4.90 Å². The van der Waals surface area contributed by atoms with E-state index in [0.717, 1.165) is 5.56 Å². The topological polar surface area (TPSA) is 49.8 Å². The van der Waals surface area contributed by atoms with Crippen molar-refractivity contribution in [1.29, 1.82) is 0 Å². The largest absolute Gasteiger partial charge is 0.384 e. The van der Waals surface area contributed by atoms with E-state index in [9.17, 15) is 9.90 Å². The van der Waals surface area contributed by atoms with Gasteiger partial charge in [0, 0.05) is 6.54 Å². The lowest BCUT2D eigenvalue weighted by Crippen LogP contribution is -2.48. The maximum absolute atomic E-state index is 11.8. The third-order valence-electron chi connectivity index (χ3n) is 3.10. The molecule has 1 aromatic rings. The SMILES string of the molecule is CC1CN(C(=O)C(C)O)CC(c2ccccc2)O1. The van der Waals surface area contributed by atoms with E-state index in [1.807, 2.05) is 37.3 Å². The molecule has 1 fully saturated rings. The number of benzene rings is 1. The minimum absolute atomic E-state index is 0.0216. The van der Waals surface area contributed by atoms with Gasteiger partial charge in [0.25, 0.3) is 5.91 Å². The molecule has 0 radical (unpaired) electrons. The highest BCUT2D eigenvalue weighted by Gasteiger charge is 2.30. The van der Waals surface area contributed by atoms with E-state index in [2.05, 4.69) is 0 Å². The van der Waals surface area contributed by atoms with Gasteiger partial charge in [0.1, 0.15) is 12.2 Å². The van der Waals surface area contributed by atoms with Crippen LogP contribution in [0.4, 0.5) is 0 Å². The molecule has 3 atom stereocenters. The summed E-state index contributed by atoms with van der Waals surface area (Å²) in [6.45, 7) is 4.47. The maximum atomic E-state index is 11.8. The van der Waals surface area contributed by atoms with Gasteiger partial charge in [-0.1, -0.05) is 30.3 Å². The highest BCUT2D eigenvalue weighted by atomic mass is 16.5. The van der Waals surface area contributed by atoms with Crippen LogP contribution in [0.15, 0.2) is 30.3 Å². The van der Waals surface area contributed by atoms with Gasteiger partial charge < -0.3 is 14.7 Å². The molecule has 3 unspecified atom stereocenters. The lowest BCUT2D eigenvalue weighted by Gasteiger charge is -2.37. The van der Waals surface area contributed by atoms with Gasteiger partial charge >= 0.3 is 0 Å². The van der Waals surface area contributed by atoms with Crippen LogP contribution in [0.3, 0.4) is 0 Å². The second-order valence-corrected chi connectivity index (χ2v) is 4.77. The van der Waals surface area contributed by atoms with Crippen LogP contribution in [-0.2, 0) is 9.53 Å². The molecule has 4 nitrogen and oxygen atoms in total. The molecule has 18 heavy (non-hydrogen) atoms. The Hall–Kier alpha value is -1.39. The quantitative estimate of drug-likeness (QED) is 0.861. The molecule has 0 aliphatic carbocycles. The Morgan fingerprint density at radius 1 is 1.39 bits per heavy atom. The molecule has 0 aromatic heterocycles. The zero-order valence-electron chi connectivity index (χ0n) is 10.7.